The average Bonchev–Trinajstić information content (AvgIpc) is 1.99. The van der Waals surface area contributed by atoms with Crippen molar-refractivity contribution >= 4 is 93.1 Å². The van der Waals surface area contributed by atoms with E-state index in [1.807, 2.05) is 127 Å². The molecule has 0 N–H and O–H groups in total. The molecule has 8 nitrogen and oxygen atoms in total. The molecule has 2 amide bonds. The lowest BCUT2D eigenvalue weighted by Crippen LogP contribution is -2.41. The maximum absolute atomic E-state index is 14.2. The van der Waals surface area contributed by atoms with Crippen molar-refractivity contribution in [2.75, 3.05) is 23.9 Å². The number of hydrogen-bond donors (Lipinski definition) is 0. The summed E-state index contributed by atoms with van der Waals surface area (Å²) >= 11 is 0. The minimum absolute atomic E-state index is 0.0405. The highest BCUT2D eigenvalue weighted by molar-refractivity contribution is 6.27. The van der Waals surface area contributed by atoms with E-state index in [9.17, 15) is 9.59 Å². The van der Waals surface area contributed by atoms with Crippen molar-refractivity contribution in [3.05, 3.63) is 302 Å². The first-order chi connectivity index (χ1) is 43.4. The SMILES string of the molecule is CN1C(=O)N(C)c2ccc(-c3c4ccccc4c(-c4ncc(-c5ccccc5)cn4)c4ccccc34)c3cccc1c23.O=c1n(-c2ccccc2)c2ccc(-c3c4ccccc4c(-c4ccc5ccccc5c4)c4ccccc34)cc2n1-c1ccccc1. The van der Waals surface area contributed by atoms with Crippen LogP contribution in [0.4, 0.5) is 16.2 Å². The number of anilines is 2. The van der Waals surface area contributed by atoms with Crippen LogP contribution in [-0.4, -0.2) is 39.2 Å². The van der Waals surface area contributed by atoms with Gasteiger partial charge in [-0.15, -0.1) is 0 Å². The van der Waals surface area contributed by atoms with Crippen molar-refractivity contribution < 1.29 is 4.79 Å². The molecule has 0 bridgehead atoms. The van der Waals surface area contributed by atoms with Crippen molar-refractivity contribution in [3.8, 4) is 67.3 Å². The highest BCUT2D eigenvalue weighted by Crippen LogP contribution is 2.49. The third-order valence-corrected chi connectivity index (χ3v) is 17.6. The van der Waals surface area contributed by atoms with E-state index in [1.165, 1.54) is 43.4 Å². The summed E-state index contributed by atoms with van der Waals surface area (Å²) in [5.74, 6) is 0.701. The molecule has 17 rings (SSSR count). The number of carbonyl (C=O) groups excluding carboxylic acids is 1. The summed E-state index contributed by atoms with van der Waals surface area (Å²) < 4.78 is 3.64. The smallest absolute Gasteiger partial charge is 0.296 e. The first-order valence-electron chi connectivity index (χ1n) is 29.6. The lowest BCUT2D eigenvalue weighted by Gasteiger charge is -2.33. The Morgan fingerprint density at radius 2 is 0.739 bits per heavy atom. The van der Waals surface area contributed by atoms with Gasteiger partial charge in [0.15, 0.2) is 5.82 Å². The Bertz CT molecular complexity index is 5390. The molecule has 16 aromatic rings. The van der Waals surface area contributed by atoms with Crippen molar-refractivity contribution in [3.63, 3.8) is 0 Å². The topological polar surface area (TPSA) is 76.3 Å². The zero-order valence-electron chi connectivity index (χ0n) is 48.2. The highest BCUT2D eigenvalue weighted by atomic mass is 16.2. The third-order valence-electron chi connectivity index (χ3n) is 17.6. The van der Waals surface area contributed by atoms with E-state index in [2.05, 4.69) is 188 Å². The Morgan fingerprint density at radius 1 is 0.307 bits per heavy atom. The second-order valence-corrected chi connectivity index (χ2v) is 22.5. The van der Waals surface area contributed by atoms with Crippen LogP contribution in [0.25, 0.3) is 143 Å². The molecule has 2 aromatic heterocycles. The molecule has 0 spiro atoms. The monoisotopic (exact) mass is 1130 g/mol. The van der Waals surface area contributed by atoms with E-state index in [1.54, 1.807) is 9.80 Å². The number of benzene rings is 14. The van der Waals surface area contributed by atoms with Crippen molar-refractivity contribution in [2.45, 2.75) is 0 Å². The van der Waals surface area contributed by atoms with E-state index in [0.717, 1.165) is 105 Å². The number of urea groups is 1. The zero-order valence-corrected chi connectivity index (χ0v) is 48.2. The van der Waals surface area contributed by atoms with Gasteiger partial charge in [0, 0.05) is 43.0 Å². The van der Waals surface area contributed by atoms with E-state index in [4.69, 9.17) is 9.97 Å². The summed E-state index contributed by atoms with van der Waals surface area (Å²) in [5, 5.41) is 13.9. The normalized spacial score (nSPS) is 12.2. The van der Waals surface area contributed by atoms with E-state index in [-0.39, 0.29) is 11.7 Å². The van der Waals surface area contributed by atoms with Crippen LogP contribution in [0, 0.1) is 0 Å². The lowest BCUT2D eigenvalue weighted by atomic mass is 9.85. The Kier molecular flexibility index (Phi) is 12.4. The van der Waals surface area contributed by atoms with Gasteiger partial charge >= 0.3 is 11.7 Å². The van der Waals surface area contributed by atoms with Crippen LogP contribution in [0.2, 0.25) is 0 Å². The highest BCUT2D eigenvalue weighted by Gasteiger charge is 2.30. The molecule has 0 atom stereocenters. The van der Waals surface area contributed by atoms with Crippen LogP contribution >= 0.6 is 0 Å². The van der Waals surface area contributed by atoms with Gasteiger partial charge in [-0.1, -0.05) is 224 Å². The molecule has 88 heavy (non-hydrogen) atoms. The molecule has 0 fully saturated rings. The summed E-state index contributed by atoms with van der Waals surface area (Å²) in [5.41, 5.74) is 15.2. The van der Waals surface area contributed by atoms with Crippen LogP contribution in [0.1, 0.15) is 0 Å². The quantitative estimate of drug-likeness (QED) is 0.149. The molecule has 14 aromatic carbocycles. The molecule has 0 unspecified atom stereocenters. The fourth-order valence-electron chi connectivity index (χ4n) is 13.6. The number of rotatable bonds is 7. The fourth-order valence-corrected chi connectivity index (χ4v) is 13.6. The largest absolute Gasteiger partial charge is 0.338 e. The number of imidazole rings is 1. The predicted molar refractivity (Wildman–Crippen MR) is 365 cm³/mol. The van der Waals surface area contributed by atoms with Gasteiger partial charge in [-0.25, -0.2) is 19.6 Å². The van der Waals surface area contributed by atoms with Crippen LogP contribution in [-0.2, 0) is 0 Å². The number of aromatic nitrogens is 4. The number of fused-ring (bicyclic) bond motifs is 6. The molecule has 8 heteroatoms. The molecule has 3 heterocycles. The van der Waals surface area contributed by atoms with Crippen LogP contribution in [0.5, 0.6) is 0 Å². The molecule has 0 radical (unpaired) electrons. The predicted octanol–water partition coefficient (Wildman–Crippen LogP) is 19.5. The Morgan fingerprint density at radius 3 is 1.30 bits per heavy atom. The number of carbonyl (C=O) groups is 1. The van der Waals surface area contributed by atoms with Gasteiger partial charge in [0.2, 0.25) is 0 Å². The van der Waals surface area contributed by atoms with Crippen molar-refractivity contribution in [1.29, 1.82) is 0 Å². The standard InChI is InChI=1S/C43H28N2O.C37H26N4O/c46-43-44(33-15-3-1-4-16-33)39-26-25-32(28-40(39)45(43)34-17-5-2-6-18-34)42-37-21-11-9-19-35(37)41(36-20-10-12-22-38(36)42)31-24-23-29-13-7-8-14-30(29)27-31;1-40-31-18-10-17-29-30(19-20-32(35(29)31)41(2)37(40)42)33-25-13-6-8-15-27(25)34(28-16-9-7-14-26(28)33)36-38-21-24(22-39-36)23-11-4-3-5-12-23/h1-28H;3-22H,1-2H3. The van der Waals surface area contributed by atoms with Crippen molar-refractivity contribution in [2.24, 2.45) is 0 Å². The number of amides is 2. The summed E-state index contributed by atoms with van der Waals surface area (Å²) in [6.07, 6.45) is 3.82. The molecule has 0 saturated heterocycles. The summed E-state index contributed by atoms with van der Waals surface area (Å²) in [7, 11) is 3.68. The molecule has 0 saturated carbocycles. The molecular weight excluding hydrogens is 1080 g/mol. The zero-order chi connectivity index (χ0) is 59.0. The molecule has 416 valence electrons. The summed E-state index contributed by atoms with van der Waals surface area (Å²) in [6, 6.07) is 96.7. The fraction of sp³-hybridized carbons (Fsp3) is 0.0250. The summed E-state index contributed by atoms with van der Waals surface area (Å²) in [4.78, 5) is 40.4. The Labute approximate surface area is 507 Å². The number of hydrogen-bond acceptors (Lipinski definition) is 4. The first kappa shape index (κ1) is 51.9. The second kappa shape index (κ2) is 21.1. The molecule has 0 aliphatic carbocycles. The maximum atomic E-state index is 14.2. The Hall–Kier alpha value is -11.7. The van der Waals surface area contributed by atoms with Crippen LogP contribution in [0.15, 0.2) is 296 Å². The molecule has 1 aliphatic heterocycles. The van der Waals surface area contributed by atoms with Crippen LogP contribution in [0.3, 0.4) is 0 Å². The van der Waals surface area contributed by atoms with E-state index in [0.29, 0.717) is 5.82 Å². The minimum Gasteiger partial charge on any atom is -0.296 e. The second-order valence-electron chi connectivity index (χ2n) is 22.5. The maximum Gasteiger partial charge on any atom is 0.338 e. The van der Waals surface area contributed by atoms with Gasteiger partial charge in [0.1, 0.15) is 0 Å². The third kappa shape index (κ3) is 8.37. The molecular formula is C80H54N6O2. The summed E-state index contributed by atoms with van der Waals surface area (Å²) in [6.45, 7) is 0. The number of nitrogens with zero attached hydrogens (tertiary/aromatic N) is 6. The average molecular weight is 1130 g/mol. The lowest BCUT2D eigenvalue weighted by molar-refractivity contribution is 0.253. The van der Waals surface area contributed by atoms with Gasteiger partial charge in [0.05, 0.1) is 33.8 Å². The first-order valence-corrected chi connectivity index (χ1v) is 29.6. The van der Waals surface area contributed by atoms with Gasteiger partial charge in [0.25, 0.3) is 0 Å². The minimum atomic E-state index is -0.0917. The van der Waals surface area contributed by atoms with Gasteiger partial charge in [-0.3, -0.25) is 18.9 Å². The van der Waals surface area contributed by atoms with E-state index < -0.39 is 0 Å². The van der Waals surface area contributed by atoms with Gasteiger partial charge in [-0.2, -0.15) is 0 Å². The van der Waals surface area contributed by atoms with Crippen LogP contribution < -0.4 is 15.5 Å². The molecule has 1 aliphatic rings. The van der Waals surface area contributed by atoms with Gasteiger partial charge in [-0.05, 0) is 153 Å². The van der Waals surface area contributed by atoms with E-state index >= 15 is 0 Å². The number of para-hydroxylation sites is 2. The van der Waals surface area contributed by atoms with Gasteiger partial charge < -0.3 is 0 Å². The van der Waals surface area contributed by atoms with Crippen molar-refractivity contribution in [1.82, 2.24) is 19.1 Å². The Balaban J connectivity index is 0.000000142.